The molecule has 0 saturated carbocycles. The highest BCUT2D eigenvalue weighted by Crippen LogP contribution is 2.29. The van der Waals surface area contributed by atoms with Gasteiger partial charge in [-0.3, -0.25) is 0 Å². The van der Waals surface area contributed by atoms with Crippen LogP contribution in [0.3, 0.4) is 0 Å². The molecule has 3 heteroatoms. The molecular weight excluding hydrogens is 224 g/mol. The second-order valence-corrected chi connectivity index (χ2v) is 5.84. The number of hydrogen-bond acceptors (Lipinski definition) is 3. The first-order valence-corrected chi connectivity index (χ1v) is 6.96. The van der Waals surface area contributed by atoms with Crippen LogP contribution in [-0.4, -0.2) is 36.9 Å². The van der Waals surface area contributed by atoms with Crippen LogP contribution in [0.15, 0.2) is 24.3 Å². The first-order valence-electron chi connectivity index (χ1n) is 6.96. The zero-order chi connectivity index (χ0) is 12.5. The average molecular weight is 246 g/mol. The summed E-state index contributed by atoms with van der Waals surface area (Å²) >= 11 is 0. The first kappa shape index (κ1) is 12.0. The fourth-order valence-electron chi connectivity index (χ4n) is 3.28. The van der Waals surface area contributed by atoms with Crippen molar-refractivity contribution in [3.63, 3.8) is 0 Å². The number of benzene rings is 1. The highest BCUT2D eigenvalue weighted by atomic mass is 16.3. The van der Waals surface area contributed by atoms with Gasteiger partial charge in [0.15, 0.2) is 0 Å². The Labute approximate surface area is 109 Å². The summed E-state index contributed by atoms with van der Waals surface area (Å²) < 4.78 is 0. The second-order valence-electron chi connectivity index (χ2n) is 5.84. The molecule has 1 fully saturated rings. The van der Waals surface area contributed by atoms with E-state index in [-0.39, 0.29) is 6.10 Å². The fourth-order valence-corrected chi connectivity index (χ4v) is 3.28. The van der Waals surface area contributed by atoms with Crippen molar-refractivity contribution in [1.29, 1.82) is 0 Å². The normalized spacial score (nSPS) is 31.4. The van der Waals surface area contributed by atoms with Crippen molar-refractivity contribution in [2.24, 2.45) is 5.92 Å². The fraction of sp³-hybridized carbons (Fsp3) is 0.600. The number of para-hydroxylation sites is 1. The summed E-state index contributed by atoms with van der Waals surface area (Å²) in [5.41, 5.74) is 2.86. The summed E-state index contributed by atoms with van der Waals surface area (Å²) in [5.74, 6) is 0.714. The lowest BCUT2D eigenvalue weighted by atomic mass is 9.93. The molecule has 2 heterocycles. The number of aliphatic hydroxyl groups excluding tert-OH is 1. The van der Waals surface area contributed by atoms with Gasteiger partial charge in [0.1, 0.15) is 0 Å². The van der Waals surface area contributed by atoms with Crippen LogP contribution in [-0.2, 0) is 6.42 Å². The molecule has 0 aliphatic carbocycles. The highest BCUT2D eigenvalue weighted by Gasteiger charge is 2.27. The van der Waals surface area contributed by atoms with Crippen molar-refractivity contribution < 1.29 is 5.11 Å². The largest absolute Gasteiger partial charge is 0.392 e. The lowest BCUT2D eigenvalue weighted by Crippen LogP contribution is -2.42. The van der Waals surface area contributed by atoms with Gasteiger partial charge in [0.05, 0.1) is 6.10 Å². The van der Waals surface area contributed by atoms with Crippen LogP contribution in [0.4, 0.5) is 5.69 Å². The van der Waals surface area contributed by atoms with Crippen LogP contribution < -0.4 is 10.2 Å². The lowest BCUT2D eigenvalue weighted by molar-refractivity contribution is 0.193. The van der Waals surface area contributed by atoms with Crippen LogP contribution in [0.2, 0.25) is 0 Å². The lowest BCUT2D eigenvalue weighted by Gasteiger charge is -2.36. The van der Waals surface area contributed by atoms with Crippen LogP contribution in [0.1, 0.15) is 18.9 Å². The van der Waals surface area contributed by atoms with Gasteiger partial charge in [-0.2, -0.15) is 0 Å². The van der Waals surface area contributed by atoms with E-state index in [2.05, 4.69) is 41.4 Å². The Morgan fingerprint density at radius 1 is 1.39 bits per heavy atom. The van der Waals surface area contributed by atoms with Gasteiger partial charge in [0.2, 0.25) is 0 Å². The molecule has 0 bridgehead atoms. The van der Waals surface area contributed by atoms with Gasteiger partial charge in [-0.05, 0) is 30.4 Å². The Balaban J connectivity index is 1.76. The van der Waals surface area contributed by atoms with E-state index in [0.717, 1.165) is 26.1 Å². The zero-order valence-corrected chi connectivity index (χ0v) is 11.0. The standard InChI is InChI=1S/C15H22N2O/c1-11-6-12-4-2-3-5-15(12)17(9-11)10-13-7-14(18)8-16-13/h2-5,11,13-14,16,18H,6-10H2,1H3. The SMILES string of the molecule is CC1Cc2ccccc2N(CC2CC(O)CN2)C1. The Bertz CT molecular complexity index is 421. The van der Waals surface area contributed by atoms with E-state index in [1.54, 1.807) is 0 Å². The minimum absolute atomic E-state index is 0.160. The van der Waals surface area contributed by atoms with E-state index in [1.165, 1.54) is 17.7 Å². The van der Waals surface area contributed by atoms with Crippen molar-refractivity contribution in [2.45, 2.75) is 31.9 Å². The summed E-state index contributed by atoms with van der Waals surface area (Å²) in [4.78, 5) is 2.49. The molecule has 0 radical (unpaired) electrons. The third-order valence-corrected chi connectivity index (χ3v) is 4.07. The van der Waals surface area contributed by atoms with Gasteiger partial charge in [-0.15, -0.1) is 0 Å². The van der Waals surface area contributed by atoms with Gasteiger partial charge in [-0.1, -0.05) is 25.1 Å². The van der Waals surface area contributed by atoms with E-state index < -0.39 is 0 Å². The number of anilines is 1. The van der Waals surface area contributed by atoms with Crippen molar-refractivity contribution in [3.8, 4) is 0 Å². The molecule has 1 aromatic carbocycles. The van der Waals surface area contributed by atoms with Gasteiger partial charge >= 0.3 is 0 Å². The molecule has 0 spiro atoms. The second kappa shape index (κ2) is 4.90. The average Bonchev–Trinajstić information content (AvgIpc) is 2.74. The van der Waals surface area contributed by atoms with E-state index in [0.29, 0.717) is 12.0 Å². The molecule has 18 heavy (non-hydrogen) atoms. The van der Waals surface area contributed by atoms with Crippen molar-refractivity contribution in [2.75, 3.05) is 24.5 Å². The summed E-state index contributed by atoms with van der Waals surface area (Å²) in [7, 11) is 0. The van der Waals surface area contributed by atoms with Gasteiger partial charge in [0.25, 0.3) is 0 Å². The minimum Gasteiger partial charge on any atom is -0.392 e. The van der Waals surface area contributed by atoms with Crippen LogP contribution >= 0.6 is 0 Å². The third-order valence-electron chi connectivity index (χ3n) is 4.07. The number of hydrogen-bond donors (Lipinski definition) is 2. The molecule has 2 N–H and O–H groups in total. The molecular formula is C15H22N2O. The van der Waals surface area contributed by atoms with Crippen LogP contribution in [0.25, 0.3) is 0 Å². The topological polar surface area (TPSA) is 35.5 Å². The van der Waals surface area contributed by atoms with E-state index in [9.17, 15) is 5.11 Å². The third kappa shape index (κ3) is 2.38. The maximum Gasteiger partial charge on any atom is 0.0680 e. The number of nitrogens with zero attached hydrogens (tertiary/aromatic N) is 1. The van der Waals surface area contributed by atoms with Crippen LogP contribution in [0.5, 0.6) is 0 Å². The molecule has 1 aromatic rings. The Morgan fingerprint density at radius 2 is 2.22 bits per heavy atom. The Kier molecular flexibility index (Phi) is 3.27. The molecule has 98 valence electrons. The summed E-state index contributed by atoms with van der Waals surface area (Å²) in [6.07, 6.45) is 1.91. The molecule has 3 rings (SSSR count). The predicted octanol–water partition coefficient (Wildman–Crippen LogP) is 1.41. The van der Waals surface area contributed by atoms with E-state index >= 15 is 0 Å². The molecule has 3 unspecified atom stereocenters. The van der Waals surface area contributed by atoms with Crippen LogP contribution in [0, 0.1) is 5.92 Å². The summed E-state index contributed by atoms with van der Waals surface area (Å²) in [6.45, 7) is 5.21. The number of rotatable bonds is 2. The van der Waals surface area contributed by atoms with Gasteiger partial charge < -0.3 is 15.3 Å². The summed E-state index contributed by atoms with van der Waals surface area (Å²) in [6, 6.07) is 9.16. The maximum absolute atomic E-state index is 9.60. The van der Waals surface area contributed by atoms with Gasteiger partial charge in [0, 0.05) is 31.4 Å². The molecule has 2 aliphatic rings. The molecule has 1 saturated heterocycles. The Morgan fingerprint density at radius 3 is 3.00 bits per heavy atom. The zero-order valence-electron chi connectivity index (χ0n) is 11.0. The van der Waals surface area contributed by atoms with Crippen molar-refractivity contribution in [1.82, 2.24) is 5.32 Å². The van der Waals surface area contributed by atoms with E-state index in [4.69, 9.17) is 0 Å². The van der Waals surface area contributed by atoms with Crippen molar-refractivity contribution >= 4 is 5.69 Å². The molecule has 3 atom stereocenters. The molecule has 0 amide bonds. The molecule has 3 nitrogen and oxygen atoms in total. The molecule has 0 aromatic heterocycles. The summed E-state index contributed by atoms with van der Waals surface area (Å²) in [5, 5.41) is 13.0. The first-order chi connectivity index (χ1) is 8.72. The number of nitrogens with one attached hydrogen (secondary N) is 1. The number of fused-ring (bicyclic) bond motifs is 1. The number of β-amino-alcohol motifs (C(OH)–C–C–N with tert-alkyl or cyclic N) is 1. The van der Waals surface area contributed by atoms with Crippen molar-refractivity contribution in [3.05, 3.63) is 29.8 Å². The monoisotopic (exact) mass is 246 g/mol. The maximum atomic E-state index is 9.60. The molecule has 2 aliphatic heterocycles. The quantitative estimate of drug-likeness (QED) is 0.828. The van der Waals surface area contributed by atoms with E-state index in [1.807, 2.05) is 0 Å². The number of aliphatic hydroxyl groups is 1. The Hall–Kier alpha value is -1.06. The van der Waals surface area contributed by atoms with Gasteiger partial charge in [-0.25, -0.2) is 0 Å². The minimum atomic E-state index is -0.160. The highest BCUT2D eigenvalue weighted by molar-refractivity contribution is 5.55. The predicted molar refractivity (Wildman–Crippen MR) is 73.9 cm³/mol. The smallest absolute Gasteiger partial charge is 0.0680 e.